The SMILES string of the molecule is COCCn1c(=O)c([N+](=O)[O-])c(Sc2ccc(C)cc2)c2ccccc21. The van der Waals surface area contributed by atoms with Gasteiger partial charge in [0.15, 0.2) is 0 Å². The Kier molecular flexibility index (Phi) is 5.39. The Morgan fingerprint density at radius 1 is 1.15 bits per heavy atom. The summed E-state index contributed by atoms with van der Waals surface area (Å²) in [7, 11) is 1.53. The second-order valence-electron chi connectivity index (χ2n) is 5.82. The summed E-state index contributed by atoms with van der Waals surface area (Å²) in [6.07, 6.45) is 0. The van der Waals surface area contributed by atoms with Crippen molar-refractivity contribution in [3.05, 3.63) is 74.6 Å². The lowest BCUT2D eigenvalue weighted by atomic mass is 10.2. The molecule has 0 saturated heterocycles. The van der Waals surface area contributed by atoms with E-state index in [-0.39, 0.29) is 6.54 Å². The van der Waals surface area contributed by atoms with Crippen molar-refractivity contribution < 1.29 is 9.66 Å². The number of hydrogen-bond donors (Lipinski definition) is 0. The van der Waals surface area contributed by atoms with E-state index in [0.29, 0.717) is 22.4 Å². The molecule has 1 aromatic heterocycles. The van der Waals surface area contributed by atoms with Gasteiger partial charge in [-0.15, -0.1) is 0 Å². The largest absolute Gasteiger partial charge is 0.383 e. The Labute approximate surface area is 154 Å². The lowest BCUT2D eigenvalue weighted by molar-refractivity contribution is -0.389. The topological polar surface area (TPSA) is 74.4 Å². The number of rotatable bonds is 6. The van der Waals surface area contributed by atoms with E-state index in [0.717, 1.165) is 10.5 Å². The molecule has 0 atom stereocenters. The standard InChI is InChI=1S/C19H18N2O4S/c1-13-7-9-14(10-8-13)26-18-15-5-3-4-6-16(15)20(11-12-25-2)19(22)17(18)21(23)24/h3-10H,11-12H2,1-2H3. The Hall–Kier alpha value is -2.64. The van der Waals surface area contributed by atoms with Gasteiger partial charge in [-0.25, -0.2) is 0 Å². The maximum absolute atomic E-state index is 12.8. The molecule has 0 radical (unpaired) electrons. The van der Waals surface area contributed by atoms with Gasteiger partial charge in [0.2, 0.25) is 0 Å². The average Bonchev–Trinajstić information content (AvgIpc) is 2.63. The quantitative estimate of drug-likeness (QED) is 0.484. The fraction of sp³-hybridized carbons (Fsp3) is 0.211. The molecule has 0 unspecified atom stereocenters. The second kappa shape index (κ2) is 7.72. The zero-order valence-electron chi connectivity index (χ0n) is 14.5. The van der Waals surface area contributed by atoms with Crippen LogP contribution in [0.2, 0.25) is 0 Å². The van der Waals surface area contributed by atoms with Gasteiger partial charge in [0.05, 0.1) is 17.0 Å². The second-order valence-corrected chi connectivity index (χ2v) is 6.90. The van der Waals surface area contributed by atoms with Crippen LogP contribution in [0.4, 0.5) is 5.69 Å². The predicted octanol–water partition coefficient (Wildman–Crippen LogP) is 4.02. The summed E-state index contributed by atoms with van der Waals surface area (Å²) in [6.45, 7) is 2.53. The van der Waals surface area contributed by atoms with Crippen LogP contribution in [-0.4, -0.2) is 23.2 Å². The highest BCUT2D eigenvalue weighted by molar-refractivity contribution is 7.99. The van der Waals surface area contributed by atoms with Crippen LogP contribution in [0.3, 0.4) is 0 Å². The Balaban J connectivity index is 2.26. The molecule has 0 aliphatic rings. The van der Waals surface area contributed by atoms with E-state index in [9.17, 15) is 14.9 Å². The molecule has 0 aliphatic heterocycles. The molecule has 0 N–H and O–H groups in total. The van der Waals surface area contributed by atoms with Crippen LogP contribution in [0, 0.1) is 17.0 Å². The summed E-state index contributed by atoms with van der Waals surface area (Å²) in [5.41, 5.74) is 0.754. The number of ether oxygens (including phenoxy) is 1. The third kappa shape index (κ3) is 3.49. The minimum absolute atomic E-state index is 0.256. The molecule has 2 aromatic carbocycles. The van der Waals surface area contributed by atoms with Crippen molar-refractivity contribution in [1.29, 1.82) is 0 Å². The van der Waals surface area contributed by atoms with Gasteiger partial charge in [0.1, 0.15) is 4.90 Å². The van der Waals surface area contributed by atoms with Crippen molar-refractivity contribution in [3.8, 4) is 0 Å². The first-order valence-electron chi connectivity index (χ1n) is 8.06. The average molecular weight is 370 g/mol. The van der Waals surface area contributed by atoms with Crippen molar-refractivity contribution >= 4 is 28.4 Å². The van der Waals surface area contributed by atoms with Gasteiger partial charge in [0.25, 0.3) is 0 Å². The zero-order chi connectivity index (χ0) is 18.7. The molecule has 7 heteroatoms. The van der Waals surface area contributed by atoms with E-state index in [1.807, 2.05) is 49.4 Å². The maximum Gasteiger partial charge on any atom is 0.348 e. The molecule has 0 amide bonds. The molecule has 1 heterocycles. The Morgan fingerprint density at radius 3 is 2.50 bits per heavy atom. The molecule has 3 rings (SSSR count). The van der Waals surface area contributed by atoms with E-state index < -0.39 is 16.2 Å². The van der Waals surface area contributed by atoms with E-state index in [1.165, 1.54) is 23.4 Å². The van der Waals surface area contributed by atoms with Gasteiger partial charge < -0.3 is 4.74 Å². The highest BCUT2D eigenvalue weighted by Crippen LogP contribution is 2.38. The van der Waals surface area contributed by atoms with Crippen LogP contribution in [0.15, 0.2) is 63.1 Å². The van der Waals surface area contributed by atoms with Crippen LogP contribution in [-0.2, 0) is 11.3 Å². The first kappa shape index (κ1) is 18.2. The maximum atomic E-state index is 12.8. The third-order valence-corrected chi connectivity index (χ3v) is 5.17. The number of methoxy groups -OCH3 is 1. The van der Waals surface area contributed by atoms with Gasteiger partial charge in [-0.2, -0.15) is 0 Å². The minimum atomic E-state index is -0.611. The Bertz CT molecular complexity index is 1010. The predicted molar refractivity (Wildman–Crippen MR) is 102 cm³/mol. The fourth-order valence-electron chi connectivity index (χ4n) is 2.76. The van der Waals surface area contributed by atoms with Gasteiger partial charge in [0, 0.05) is 23.9 Å². The summed E-state index contributed by atoms with van der Waals surface area (Å²) in [6, 6.07) is 14.9. The summed E-state index contributed by atoms with van der Waals surface area (Å²) >= 11 is 1.24. The first-order valence-corrected chi connectivity index (χ1v) is 8.88. The number of pyridine rings is 1. The lowest BCUT2D eigenvalue weighted by Crippen LogP contribution is -2.25. The van der Waals surface area contributed by atoms with E-state index in [1.54, 1.807) is 6.07 Å². The number of benzene rings is 2. The molecular weight excluding hydrogens is 352 g/mol. The van der Waals surface area contributed by atoms with Crippen LogP contribution in [0.25, 0.3) is 10.9 Å². The number of aromatic nitrogens is 1. The summed E-state index contributed by atoms with van der Waals surface area (Å²) in [5.74, 6) is 0. The van der Waals surface area contributed by atoms with E-state index in [2.05, 4.69) is 0 Å². The number of nitrogens with zero attached hydrogens (tertiary/aromatic N) is 2. The number of fused-ring (bicyclic) bond motifs is 1. The van der Waals surface area contributed by atoms with E-state index >= 15 is 0 Å². The number of nitro groups is 1. The van der Waals surface area contributed by atoms with Gasteiger partial charge in [-0.3, -0.25) is 19.5 Å². The Morgan fingerprint density at radius 2 is 1.85 bits per heavy atom. The molecule has 134 valence electrons. The van der Waals surface area contributed by atoms with Crippen molar-refractivity contribution in [1.82, 2.24) is 4.57 Å². The molecule has 6 nitrogen and oxygen atoms in total. The normalized spacial score (nSPS) is 11.0. The number of para-hydroxylation sites is 1. The van der Waals surface area contributed by atoms with Crippen LogP contribution in [0.1, 0.15) is 5.56 Å². The van der Waals surface area contributed by atoms with E-state index in [4.69, 9.17) is 4.74 Å². The fourth-order valence-corrected chi connectivity index (χ4v) is 3.80. The lowest BCUT2D eigenvalue weighted by Gasteiger charge is -2.13. The highest BCUT2D eigenvalue weighted by atomic mass is 32.2. The smallest absolute Gasteiger partial charge is 0.348 e. The molecule has 0 bridgehead atoms. The van der Waals surface area contributed by atoms with Gasteiger partial charge in [-0.1, -0.05) is 47.7 Å². The van der Waals surface area contributed by atoms with Gasteiger partial charge in [-0.05, 0) is 25.1 Å². The molecule has 0 fully saturated rings. The van der Waals surface area contributed by atoms with Gasteiger partial charge >= 0.3 is 11.2 Å². The highest BCUT2D eigenvalue weighted by Gasteiger charge is 2.26. The summed E-state index contributed by atoms with van der Waals surface area (Å²) in [4.78, 5) is 25.2. The summed E-state index contributed by atoms with van der Waals surface area (Å²) in [5, 5.41) is 12.4. The van der Waals surface area contributed by atoms with Crippen LogP contribution in [0.5, 0.6) is 0 Å². The van der Waals surface area contributed by atoms with Crippen LogP contribution < -0.4 is 5.56 Å². The molecule has 3 aromatic rings. The number of hydrogen-bond acceptors (Lipinski definition) is 5. The zero-order valence-corrected chi connectivity index (χ0v) is 15.3. The summed E-state index contributed by atoms with van der Waals surface area (Å²) < 4.78 is 6.47. The minimum Gasteiger partial charge on any atom is -0.383 e. The first-order chi connectivity index (χ1) is 12.5. The monoisotopic (exact) mass is 370 g/mol. The third-order valence-electron chi connectivity index (χ3n) is 4.04. The number of aryl methyl sites for hydroxylation is 1. The van der Waals surface area contributed by atoms with Crippen molar-refractivity contribution in [2.24, 2.45) is 0 Å². The molecule has 0 saturated carbocycles. The van der Waals surface area contributed by atoms with Crippen molar-refractivity contribution in [2.45, 2.75) is 23.3 Å². The molecule has 26 heavy (non-hydrogen) atoms. The molecular formula is C19H18N2O4S. The molecule has 0 spiro atoms. The molecule has 0 aliphatic carbocycles. The van der Waals surface area contributed by atoms with Crippen LogP contribution >= 0.6 is 11.8 Å². The van der Waals surface area contributed by atoms with Crippen molar-refractivity contribution in [3.63, 3.8) is 0 Å². The van der Waals surface area contributed by atoms with Crippen molar-refractivity contribution in [2.75, 3.05) is 13.7 Å².